The van der Waals surface area contributed by atoms with Gasteiger partial charge in [0.1, 0.15) is 33.3 Å². The van der Waals surface area contributed by atoms with Gasteiger partial charge in [-0.2, -0.15) is 0 Å². The second kappa shape index (κ2) is 21.2. The lowest BCUT2D eigenvalue weighted by Gasteiger charge is -2.13. The number of nitrogens with zero attached hydrogens (tertiary/aromatic N) is 10. The second-order valence-corrected chi connectivity index (χ2v) is 16.8. The number of hydrogen-bond donors (Lipinski definition) is 2. The summed E-state index contributed by atoms with van der Waals surface area (Å²) in [7, 11) is 0. The summed E-state index contributed by atoms with van der Waals surface area (Å²) in [6.07, 6.45) is 11.7. The standard InChI is InChI=1S/C23H17FN6O2.C16H11BrFN5O.C10H13NO2.CH4/c1-13-7-14(12-31)26-8-16(13)18-10-28-23(30-11-21(25-2)29-22(18)30)27-9-17-15-5-6-32-20(15)4-3-19(17)24;1-19-14-8-23-15(22-14)11(17)7-21-16(23)20-6-10-9-4-5-24-13(9)3-2-12(10)18;1-7-5-9(11-6-8(7)2)10-12-3-4-13-10;/h3-4,7-8,10-12H,5-6,9H2,1H3,(H,27,28);2-3,7-8H,4-6H2,(H,20,21);5-6,10H,3-4H2,1-2H3;1H4. The van der Waals surface area contributed by atoms with Gasteiger partial charge in [0.25, 0.3) is 11.6 Å². The van der Waals surface area contributed by atoms with Crippen molar-refractivity contribution in [2.24, 2.45) is 0 Å². The highest BCUT2D eigenvalue weighted by Crippen LogP contribution is 2.34. The van der Waals surface area contributed by atoms with Gasteiger partial charge in [-0.15, -0.1) is 0 Å². The topological polar surface area (TPSA) is 173 Å². The van der Waals surface area contributed by atoms with Crippen LogP contribution in [-0.2, 0) is 35.4 Å². The molecular weight excluding hydrogens is 967 g/mol. The maximum Gasteiger partial charge on any atom is 0.288 e. The van der Waals surface area contributed by atoms with E-state index in [-0.39, 0.29) is 50.1 Å². The molecule has 0 amide bonds. The smallest absolute Gasteiger partial charge is 0.288 e. The van der Waals surface area contributed by atoms with E-state index in [4.69, 9.17) is 32.1 Å². The highest BCUT2D eigenvalue weighted by atomic mass is 79.9. The quantitative estimate of drug-likeness (QED) is 0.103. The Labute approximate surface area is 409 Å². The fraction of sp³-hybridized carbons (Fsp3) is 0.260. The SMILES string of the molecule is C.Cc1cnc(C2OCCO2)cc1C.[C-]#[N+]c1cn2c(NCc3c(F)ccc4c3CCO4)ncc(-c3cnc(C=O)cc3C)c2n1.[C-]#[N+]c1cn2c(NCc3c(F)ccc4c3CCO4)ncc(Br)c2n1. The summed E-state index contributed by atoms with van der Waals surface area (Å²) in [6.45, 7) is 23.4. The largest absolute Gasteiger partial charge is 0.493 e. The third-order valence-electron chi connectivity index (χ3n) is 11.7. The van der Waals surface area contributed by atoms with Crippen LogP contribution in [0.25, 0.3) is 32.1 Å². The van der Waals surface area contributed by atoms with Gasteiger partial charge in [0.05, 0.1) is 43.9 Å². The fourth-order valence-electron chi connectivity index (χ4n) is 8.04. The van der Waals surface area contributed by atoms with E-state index in [1.54, 1.807) is 58.0 Å². The van der Waals surface area contributed by atoms with Crippen molar-refractivity contribution >= 4 is 57.0 Å². The van der Waals surface area contributed by atoms with Crippen LogP contribution >= 0.6 is 15.9 Å². The van der Waals surface area contributed by atoms with E-state index in [1.807, 2.05) is 26.1 Å². The number of halogens is 3. The van der Waals surface area contributed by atoms with Crippen LogP contribution in [0.2, 0.25) is 0 Å². The Balaban J connectivity index is 0.000000152. The normalized spacial score (nSPS) is 13.3. The number of benzene rings is 2. The predicted octanol–water partition coefficient (Wildman–Crippen LogP) is 10.3. The summed E-state index contributed by atoms with van der Waals surface area (Å²) in [5.74, 6) is 2.26. The van der Waals surface area contributed by atoms with Gasteiger partial charge in [-0.3, -0.25) is 23.6 Å². The van der Waals surface area contributed by atoms with E-state index in [0.29, 0.717) is 101 Å². The number of hydrogen-bond acceptors (Lipinski definition) is 13. The number of anilines is 2. The highest BCUT2D eigenvalue weighted by molar-refractivity contribution is 9.10. The molecule has 2 aromatic carbocycles. The molecule has 6 aromatic heterocycles. The van der Waals surface area contributed by atoms with Crippen molar-refractivity contribution in [1.29, 1.82) is 0 Å². The number of fused-ring (bicyclic) bond motifs is 4. The predicted molar refractivity (Wildman–Crippen MR) is 260 cm³/mol. The molecule has 70 heavy (non-hydrogen) atoms. The van der Waals surface area contributed by atoms with E-state index in [0.717, 1.165) is 33.7 Å². The third-order valence-corrected chi connectivity index (χ3v) is 12.2. The summed E-state index contributed by atoms with van der Waals surface area (Å²) in [5.41, 5.74) is 9.85. The molecule has 0 aliphatic carbocycles. The van der Waals surface area contributed by atoms with Crippen molar-refractivity contribution in [2.45, 2.75) is 60.4 Å². The summed E-state index contributed by atoms with van der Waals surface area (Å²) < 4.78 is 54.5. The number of carbonyl (C=O) groups excluding carboxylic acids is 1. The minimum Gasteiger partial charge on any atom is -0.493 e. The van der Waals surface area contributed by atoms with Crippen molar-refractivity contribution < 1.29 is 32.5 Å². The van der Waals surface area contributed by atoms with E-state index in [9.17, 15) is 13.6 Å². The van der Waals surface area contributed by atoms with Crippen LogP contribution in [0.5, 0.6) is 11.5 Å². The molecule has 11 rings (SSSR count). The van der Waals surface area contributed by atoms with Gasteiger partial charge in [-0.25, -0.2) is 18.7 Å². The number of rotatable bonds is 9. The molecular formula is C50H45BrF2N12O5. The summed E-state index contributed by atoms with van der Waals surface area (Å²) in [4.78, 5) is 43.7. The number of aldehydes is 1. The molecule has 0 bridgehead atoms. The molecule has 9 heterocycles. The van der Waals surface area contributed by atoms with Crippen LogP contribution in [0.1, 0.15) is 68.8 Å². The first-order valence-electron chi connectivity index (χ1n) is 21.6. The monoisotopic (exact) mass is 1010 g/mol. The molecule has 356 valence electrons. The van der Waals surface area contributed by atoms with Crippen LogP contribution in [0.4, 0.5) is 32.3 Å². The molecule has 1 fully saturated rings. The number of nitrogens with one attached hydrogen (secondary N) is 2. The highest BCUT2D eigenvalue weighted by Gasteiger charge is 2.24. The van der Waals surface area contributed by atoms with E-state index in [1.165, 1.54) is 23.3 Å². The molecule has 0 atom stereocenters. The van der Waals surface area contributed by atoms with Crippen molar-refractivity contribution in [3.05, 3.63) is 163 Å². The number of ether oxygens (including phenoxy) is 4. The lowest BCUT2D eigenvalue weighted by Crippen LogP contribution is -2.10. The molecule has 3 aliphatic rings. The Morgan fingerprint density at radius 2 is 1.27 bits per heavy atom. The minimum atomic E-state index is -0.306. The molecule has 8 aromatic rings. The zero-order valence-corrected chi connectivity index (χ0v) is 39.0. The van der Waals surface area contributed by atoms with Gasteiger partial charge in [-0.1, -0.05) is 30.5 Å². The van der Waals surface area contributed by atoms with Gasteiger partial charge >= 0.3 is 0 Å². The molecule has 0 unspecified atom stereocenters. The third kappa shape index (κ3) is 9.97. The zero-order chi connectivity index (χ0) is 48.2. The van der Waals surface area contributed by atoms with Crippen molar-refractivity contribution in [2.75, 3.05) is 37.1 Å². The van der Waals surface area contributed by atoms with Gasteiger partial charge in [-0.05, 0) is 89.8 Å². The van der Waals surface area contributed by atoms with Crippen LogP contribution < -0.4 is 20.1 Å². The average molecular weight is 1010 g/mol. The molecule has 0 radical (unpaired) electrons. The number of aryl methyl sites for hydroxylation is 3. The van der Waals surface area contributed by atoms with Gasteiger partial charge in [0.2, 0.25) is 29.5 Å². The minimum absolute atomic E-state index is 0. The molecule has 1 saturated heterocycles. The molecule has 0 spiro atoms. The Hall–Kier alpha value is -7.91. The number of aromatic nitrogens is 8. The molecule has 2 N–H and O–H groups in total. The van der Waals surface area contributed by atoms with Crippen molar-refractivity contribution in [1.82, 2.24) is 38.7 Å². The van der Waals surface area contributed by atoms with Gasteiger partial charge in [0, 0.05) is 84.7 Å². The Kier molecular flexibility index (Phi) is 14.7. The van der Waals surface area contributed by atoms with E-state index >= 15 is 0 Å². The molecule has 0 saturated carbocycles. The summed E-state index contributed by atoms with van der Waals surface area (Å²) >= 11 is 3.37. The van der Waals surface area contributed by atoms with Gasteiger partial charge < -0.3 is 39.3 Å². The molecule has 17 nitrogen and oxygen atoms in total. The zero-order valence-electron chi connectivity index (χ0n) is 37.4. The van der Waals surface area contributed by atoms with Gasteiger partial charge in [0.15, 0.2) is 6.29 Å². The first-order valence-corrected chi connectivity index (χ1v) is 22.4. The number of carbonyl (C=O) groups is 1. The maximum absolute atomic E-state index is 14.5. The lowest BCUT2D eigenvalue weighted by atomic mass is 10.0. The summed E-state index contributed by atoms with van der Waals surface area (Å²) in [6, 6.07) is 9.84. The maximum atomic E-state index is 14.5. The Bertz CT molecular complexity index is 3360. The summed E-state index contributed by atoms with van der Waals surface area (Å²) in [5, 5.41) is 6.31. The average Bonchev–Trinajstić information content (AvgIpc) is 4.23. The molecule has 3 aliphatic heterocycles. The molecule has 20 heteroatoms. The van der Waals surface area contributed by atoms with Crippen molar-refractivity contribution in [3.8, 4) is 22.6 Å². The Morgan fingerprint density at radius 3 is 1.83 bits per heavy atom. The Morgan fingerprint density at radius 1 is 0.714 bits per heavy atom. The van der Waals surface area contributed by atoms with E-state index in [2.05, 4.69) is 73.1 Å². The van der Waals surface area contributed by atoms with Crippen LogP contribution in [0.15, 0.2) is 78.1 Å². The first kappa shape index (κ1) is 48.5. The van der Waals surface area contributed by atoms with Crippen LogP contribution in [0.3, 0.4) is 0 Å². The number of imidazole rings is 2. The fourth-order valence-corrected chi connectivity index (χ4v) is 8.42. The van der Waals surface area contributed by atoms with E-state index < -0.39 is 0 Å². The second-order valence-electron chi connectivity index (χ2n) is 16.0. The van der Waals surface area contributed by atoms with Crippen LogP contribution in [0, 0.1) is 45.5 Å². The lowest BCUT2D eigenvalue weighted by molar-refractivity contribution is -0.0473. The number of pyridine rings is 2. The first-order chi connectivity index (χ1) is 33.5. The van der Waals surface area contributed by atoms with Crippen molar-refractivity contribution in [3.63, 3.8) is 0 Å². The van der Waals surface area contributed by atoms with Crippen LogP contribution in [-0.4, -0.2) is 71.4 Å².